The highest BCUT2D eigenvalue weighted by molar-refractivity contribution is 6.02. The van der Waals surface area contributed by atoms with Crippen molar-refractivity contribution >= 4 is 17.6 Å². The summed E-state index contributed by atoms with van der Waals surface area (Å²) in [4.78, 5) is 26.0. The number of amides is 3. The minimum Gasteiger partial charge on any atom is -0.307 e. The van der Waals surface area contributed by atoms with Crippen molar-refractivity contribution < 1.29 is 9.59 Å². The third-order valence-corrected chi connectivity index (χ3v) is 3.99. The van der Waals surface area contributed by atoms with E-state index in [9.17, 15) is 9.59 Å². The second kappa shape index (κ2) is 7.40. The monoisotopic (exact) mass is 303 g/mol. The molecule has 1 aliphatic rings. The Balaban J connectivity index is 1.82. The van der Waals surface area contributed by atoms with Crippen molar-refractivity contribution in [1.29, 1.82) is 0 Å². The third kappa shape index (κ3) is 4.84. The van der Waals surface area contributed by atoms with Gasteiger partial charge in [0.25, 0.3) is 0 Å². The topological polar surface area (TPSA) is 61.4 Å². The molecule has 1 atom stereocenters. The number of urea groups is 1. The van der Waals surface area contributed by atoms with E-state index >= 15 is 0 Å². The van der Waals surface area contributed by atoms with Gasteiger partial charge in [0.1, 0.15) is 0 Å². The maximum atomic E-state index is 11.9. The van der Waals surface area contributed by atoms with Gasteiger partial charge >= 0.3 is 6.03 Å². The Hall–Kier alpha value is -1.88. The van der Waals surface area contributed by atoms with Gasteiger partial charge in [-0.15, -0.1) is 0 Å². The summed E-state index contributed by atoms with van der Waals surface area (Å²) < 4.78 is 0. The van der Waals surface area contributed by atoms with Crippen molar-refractivity contribution in [3.63, 3.8) is 0 Å². The Morgan fingerprint density at radius 3 is 2.77 bits per heavy atom. The van der Waals surface area contributed by atoms with Gasteiger partial charge in [0.15, 0.2) is 0 Å². The third-order valence-electron chi connectivity index (χ3n) is 3.99. The quantitative estimate of drug-likeness (QED) is 0.902. The number of carbonyl (C=O) groups is 2. The van der Waals surface area contributed by atoms with Crippen molar-refractivity contribution in [2.45, 2.75) is 33.6 Å². The standard InChI is InChI=1S/C17H25N3O2/c1-12-6-7-15(14(3)9-12)18-17(22)19-16(21)11-20-8-4-5-13(2)10-20/h6-7,9,13H,4-5,8,10-11H2,1-3H3,(H2,18,19,21,22). The smallest absolute Gasteiger partial charge is 0.307 e. The highest BCUT2D eigenvalue weighted by Crippen LogP contribution is 2.16. The number of carbonyl (C=O) groups excluding carboxylic acids is 2. The number of aryl methyl sites for hydroxylation is 2. The summed E-state index contributed by atoms with van der Waals surface area (Å²) in [5, 5.41) is 5.13. The van der Waals surface area contributed by atoms with Crippen LogP contribution in [0.4, 0.5) is 10.5 Å². The van der Waals surface area contributed by atoms with Crippen LogP contribution in [0, 0.1) is 19.8 Å². The highest BCUT2D eigenvalue weighted by atomic mass is 16.2. The number of imide groups is 1. The summed E-state index contributed by atoms with van der Waals surface area (Å²) >= 11 is 0. The first kappa shape index (κ1) is 16.5. The number of piperidine rings is 1. The van der Waals surface area contributed by atoms with Crippen molar-refractivity contribution in [2.75, 3.05) is 25.0 Å². The van der Waals surface area contributed by atoms with E-state index in [1.165, 1.54) is 6.42 Å². The summed E-state index contributed by atoms with van der Waals surface area (Å²) in [7, 11) is 0. The van der Waals surface area contributed by atoms with Crippen molar-refractivity contribution in [3.8, 4) is 0 Å². The molecule has 1 heterocycles. The van der Waals surface area contributed by atoms with Gasteiger partial charge in [-0.2, -0.15) is 0 Å². The van der Waals surface area contributed by atoms with Crippen LogP contribution in [0.5, 0.6) is 0 Å². The molecule has 1 aliphatic heterocycles. The normalized spacial score (nSPS) is 18.8. The van der Waals surface area contributed by atoms with E-state index in [2.05, 4.69) is 22.5 Å². The maximum absolute atomic E-state index is 11.9. The zero-order chi connectivity index (χ0) is 16.1. The number of benzene rings is 1. The van der Waals surface area contributed by atoms with E-state index in [0.717, 1.165) is 36.3 Å². The fraction of sp³-hybridized carbons (Fsp3) is 0.529. The second-order valence-corrected chi connectivity index (χ2v) is 6.30. The molecule has 1 unspecified atom stereocenters. The first-order chi connectivity index (χ1) is 10.4. The number of rotatable bonds is 3. The van der Waals surface area contributed by atoms with Gasteiger partial charge in [-0.05, 0) is 50.8 Å². The van der Waals surface area contributed by atoms with Gasteiger partial charge in [0.2, 0.25) is 5.91 Å². The molecule has 5 heteroatoms. The Morgan fingerprint density at radius 2 is 2.09 bits per heavy atom. The lowest BCUT2D eigenvalue weighted by Crippen LogP contribution is -2.44. The van der Waals surface area contributed by atoms with Crippen LogP contribution in [-0.2, 0) is 4.79 Å². The fourth-order valence-electron chi connectivity index (χ4n) is 2.91. The van der Waals surface area contributed by atoms with Gasteiger partial charge < -0.3 is 5.32 Å². The number of nitrogens with one attached hydrogen (secondary N) is 2. The molecule has 5 nitrogen and oxygen atoms in total. The molecule has 3 amide bonds. The summed E-state index contributed by atoms with van der Waals surface area (Å²) in [5.41, 5.74) is 2.84. The molecule has 1 aromatic rings. The molecule has 120 valence electrons. The van der Waals surface area contributed by atoms with Crippen LogP contribution in [0.3, 0.4) is 0 Å². The molecule has 2 N–H and O–H groups in total. The lowest BCUT2D eigenvalue weighted by molar-refractivity contribution is -0.121. The van der Waals surface area contributed by atoms with E-state index in [1.807, 2.05) is 32.0 Å². The van der Waals surface area contributed by atoms with Crippen molar-refractivity contribution in [1.82, 2.24) is 10.2 Å². The largest absolute Gasteiger partial charge is 0.325 e. The van der Waals surface area contributed by atoms with Crippen LogP contribution in [0.1, 0.15) is 30.9 Å². The first-order valence-corrected chi connectivity index (χ1v) is 7.84. The molecule has 1 fully saturated rings. The van der Waals surface area contributed by atoms with Gasteiger partial charge in [0, 0.05) is 12.2 Å². The van der Waals surface area contributed by atoms with Gasteiger partial charge in [-0.25, -0.2) is 4.79 Å². The zero-order valence-corrected chi connectivity index (χ0v) is 13.6. The molecule has 2 rings (SSSR count). The number of hydrogen-bond donors (Lipinski definition) is 2. The average molecular weight is 303 g/mol. The highest BCUT2D eigenvalue weighted by Gasteiger charge is 2.19. The SMILES string of the molecule is Cc1ccc(NC(=O)NC(=O)CN2CCCC(C)C2)c(C)c1. The first-order valence-electron chi connectivity index (χ1n) is 7.84. The van der Waals surface area contributed by atoms with Crippen LogP contribution in [0.25, 0.3) is 0 Å². The van der Waals surface area contributed by atoms with Crippen molar-refractivity contribution in [3.05, 3.63) is 29.3 Å². The molecular formula is C17H25N3O2. The Bertz CT molecular complexity index is 557. The molecule has 22 heavy (non-hydrogen) atoms. The second-order valence-electron chi connectivity index (χ2n) is 6.30. The molecule has 0 aromatic heterocycles. The molecule has 0 radical (unpaired) electrons. The summed E-state index contributed by atoms with van der Waals surface area (Å²) in [5.74, 6) is 0.363. The number of anilines is 1. The molecule has 0 aliphatic carbocycles. The average Bonchev–Trinajstić information content (AvgIpc) is 2.41. The van der Waals surface area contributed by atoms with Gasteiger partial charge in [0.05, 0.1) is 6.54 Å². The van der Waals surface area contributed by atoms with E-state index < -0.39 is 6.03 Å². The van der Waals surface area contributed by atoms with Gasteiger partial charge in [-0.3, -0.25) is 15.0 Å². The lowest BCUT2D eigenvalue weighted by atomic mass is 10.0. The Labute approximate surface area is 132 Å². The summed E-state index contributed by atoms with van der Waals surface area (Å²) in [6, 6.07) is 5.30. The molecule has 0 saturated carbocycles. The zero-order valence-electron chi connectivity index (χ0n) is 13.6. The number of hydrogen-bond acceptors (Lipinski definition) is 3. The summed E-state index contributed by atoms with van der Waals surface area (Å²) in [6.45, 7) is 8.25. The van der Waals surface area contributed by atoms with E-state index in [1.54, 1.807) is 0 Å². The predicted octanol–water partition coefficient (Wildman–Crippen LogP) is 2.68. The van der Waals surface area contributed by atoms with E-state index in [4.69, 9.17) is 0 Å². The van der Waals surface area contributed by atoms with Crippen LogP contribution in [0.2, 0.25) is 0 Å². The molecule has 0 bridgehead atoms. The van der Waals surface area contributed by atoms with E-state index in [0.29, 0.717) is 5.92 Å². The molecule has 1 saturated heterocycles. The Kier molecular flexibility index (Phi) is 5.55. The van der Waals surface area contributed by atoms with Crippen LogP contribution in [-0.4, -0.2) is 36.5 Å². The van der Waals surface area contributed by atoms with Crippen LogP contribution >= 0.6 is 0 Å². The maximum Gasteiger partial charge on any atom is 0.325 e. The van der Waals surface area contributed by atoms with Gasteiger partial charge in [-0.1, -0.05) is 24.6 Å². The molecule has 0 spiro atoms. The molecular weight excluding hydrogens is 278 g/mol. The summed E-state index contributed by atoms with van der Waals surface area (Å²) in [6.07, 6.45) is 2.33. The Morgan fingerprint density at radius 1 is 1.32 bits per heavy atom. The minimum atomic E-state index is -0.470. The number of likely N-dealkylation sites (tertiary alicyclic amines) is 1. The number of nitrogens with zero attached hydrogens (tertiary/aromatic N) is 1. The fourth-order valence-corrected chi connectivity index (χ4v) is 2.91. The minimum absolute atomic E-state index is 0.253. The van der Waals surface area contributed by atoms with E-state index in [-0.39, 0.29) is 12.5 Å². The molecule has 1 aromatic carbocycles. The lowest BCUT2D eigenvalue weighted by Gasteiger charge is -2.29. The van der Waals surface area contributed by atoms with Crippen LogP contribution in [0.15, 0.2) is 18.2 Å². The predicted molar refractivity (Wildman–Crippen MR) is 87.9 cm³/mol. The van der Waals surface area contributed by atoms with Crippen LogP contribution < -0.4 is 10.6 Å². The van der Waals surface area contributed by atoms with Crippen molar-refractivity contribution in [2.24, 2.45) is 5.92 Å².